The lowest BCUT2D eigenvalue weighted by Crippen LogP contribution is -2.54. The number of rotatable bonds is 12. The Kier molecular flexibility index (Phi) is 12.1. The van der Waals surface area contributed by atoms with Crippen LogP contribution < -0.4 is 20.6 Å². The van der Waals surface area contributed by atoms with Crippen LogP contribution in [0.5, 0.6) is 0 Å². The highest BCUT2D eigenvalue weighted by Gasteiger charge is 2.45. The van der Waals surface area contributed by atoms with Crippen LogP contribution in [0.4, 0.5) is 11.4 Å². The van der Waals surface area contributed by atoms with E-state index in [0.29, 0.717) is 22.5 Å². The molecule has 4 aliphatic rings. The second kappa shape index (κ2) is 17.7. The molecule has 4 heterocycles. The number of allylic oxidation sites excluding steroid dienone is 1. The smallest absolute Gasteiger partial charge is 0.423 e. The molecule has 0 bridgehead atoms. The standard InChI is InChI=1S/C47H52BN5O6/c1-2-39(33-8-4-3-5-9-33)44(34-10-14-36(15-11-34)48(58)59)35-12-16-37(17-13-35)51-25-22-32(23-26-51)7-6-24-50-27-29-52(30-28-50)38-18-19-40-41(31-38)47(57)53(46(40)56)42-20-21-43(54)49-45(42)55/h3-5,8-19,31-32,42,58-59H,2,6-7,20-30H2,1H3,(H,49,54,55)/b44-39+. The lowest BCUT2D eigenvalue weighted by molar-refractivity contribution is -0.136. The predicted molar refractivity (Wildman–Crippen MR) is 231 cm³/mol. The van der Waals surface area contributed by atoms with E-state index in [0.717, 1.165) is 79.5 Å². The Morgan fingerprint density at radius 2 is 1.32 bits per heavy atom. The van der Waals surface area contributed by atoms with E-state index in [4.69, 9.17) is 0 Å². The second-order valence-electron chi connectivity index (χ2n) is 16.2. The number of anilines is 2. The zero-order chi connectivity index (χ0) is 41.0. The van der Waals surface area contributed by atoms with Gasteiger partial charge >= 0.3 is 7.12 Å². The number of fused-ring (bicyclic) bond motifs is 1. The molecule has 3 N–H and O–H groups in total. The van der Waals surface area contributed by atoms with Crippen LogP contribution in [0.15, 0.2) is 97.1 Å². The molecule has 0 aliphatic carbocycles. The van der Waals surface area contributed by atoms with E-state index in [2.05, 4.69) is 75.5 Å². The van der Waals surface area contributed by atoms with Gasteiger partial charge in [0.15, 0.2) is 0 Å². The molecule has 3 saturated heterocycles. The van der Waals surface area contributed by atoms with Crippen LogP contribution in [0.25, 0.3) is 11.1 Å². The fourth-order valence-corrected chi connectivity index (χ4v) is 9.31. The van der Waals surface area contributed by atoms with Gasteiger partial charge < -0.3 is 19.8 Å². The lowest BCUT2D eigenvalue weighted by Gasteiger charge is -2.37. The molecule has 4 amide bonds. The van der Waals surface area contributed by atoms with Gasteiger partial charge in [-0.3, -0.25) is 34.3 Å². The SMILES string of the molecule is CC/C(=C(/c1ccc(B(O)O)cc1)c1ccc(N2CCC(CCCN3CCN(c4ccc5c(c4)C(=O)N(C4CCC(=O)NC4=O)C5=O)CC3)CC2)cc1)c1ccccc1. The molecule has 1 unspecified atom stereocenters. The predicted octanol–water partition coefficient (Wildman–Crippen LogP) is 4.96. The molecule has 1 atom stereocenters. The van der Waals surface area contributed by atoms with Gasteiger partial charge in [0.05, 0.1) is 11.1 Å². The summed E-state index contributed by atoms with van der Waals surface area (Å²) in [4.78, 5) is 58.8. The van der Waals surface area contributed by atoms with E-state index in [9.17, 15) is 29.2 Å². The minimum Gasteiger partial charge on any atom is -0.423 e. The van der Waals surface area contributed by atoms with Crippen molar-refractivity contribution in [2.75, 3.05) is 55.6 Å². The topological polar surface area (TPSA) is 134 Å². The molecule has 11 nitrogen and oxygen atoms in total. The highest BCUT2D eigenvalue weighted by molar-refractivity contribution is 6.58. The molecule has 0 saturated carbocycles. The summed E-state index contributed by atoms with van der Waals surface area (Å²) in [5.41, 5.74) is 9.01. The first-order chi connectivity index (χ1) is 28.7. The first kappa shape index (κ1) is 40.2. The number of imide groups is 2. The molecular formula is C47H52BN5O6. The molecule has 12 heteroatoms. The fourth-order valence-electron chi connectivity index (χ4n) is 9.31. The number of benzene rings is 4. The molecule has 59 heavy (non-hydrogen) atoms. The summed E-state index contributed by atoms with van der Waals surface area (Å²) in [7, 11) is -1.50. The van der Waals surface area contributed by atoms with Crippen molar-refractivity contribution in [2.24, 2.45) is 5.92 Å². The van der Waals surface area contributed by atoms with Crippen molar-refractivity contribution in [1.82, 2.24) is 15.1 Å². The van der Waals surface area contributed by atoms with Crippen LogP contribution >= 0.6 is 0 Å². The van der Waals surface area contributed by atoms with E-state index in [-0.39, 0.29) is 18.7 Å². The van der Waals surface area contributed by atoms with Gasteiger partial charge in [-0.1, -0.05) is 73.7 Å². The minimum atomic E-state index is -1.50. The Morgan fingerprint density at radius 1 is 0.695 bits per heavy atom. The van der Waals surface area contributed by atoms with Crippen LogP contribution in [-0.4, -0.2) is 102 Å². The molecule has 0 radical (unpaired) electrons. The third-order valence-electron chi connectivity index (χ3n) is 12.7. The van der Waals surface area contributed by atoms with Crippen LogP contribution in [0.3, 0.4) is 0 Å². The average Bonchev–Trinajstić information content (AvgIpc) is 3.51. The van der Waals surface area contributed by atoms with Crippen molar-refractivity contribution >= 4 is 58.7 Å². The third-order valence-corrected chi connectivity index (χ3v) is 12.7. The molecule has 0 spiro atoms. The maximum Gasteiger partial charge on any atom is 0.488 e. The van der Waals surface area contributed by atoms with Gasteiger partial charge in [0.25, 0.3) is 11.8 Å². The van der Waals surface area contributed by atoms with Gasteiger partial charge in [0.2, 0.25) is 11.8 Å². The van der Waals surface area contributed by atoms with E-state index >= 15 is 0 Å². The molecule has 4 aromatic carbocycles. The quantitative estimate of drug-likeness (QED) is 0.104. The number of carbonyl (C=O) groups is 4. The zero-order valence-corrected chi connectivity index (χ0v) is 33.7. The molecule has 304 valence electrons. The minimum absolute atomic E-state index is 0.101. The lowest BCUT2D eigenvalue weighted by atomic mass is 9.79. The summed E-state index contributed by atoms with van der Waals surface area (Å²) in [5.74, 6) is -1.22. The highest BCUT2D eigenvalue weighted by atomic mass is 16.4. The average molecular weight is 794 g/mol. The normalized spacial score (nSPS) is 19.5. The van der Waals surface area contributed by atoms with Crippen LogP contribution in [-0.2, 0) is 9.59 Å². The van der Waals surface area contributed by atoms with Gasteiger partial charge in [-0.15, -0.1) is 0 Å². The first-order valence-electron chi connectivity index (χ1n) is 21.1. The van der Waals surface area contributed by atoms with E-state index < -0.39 is 30.9 Å². The molecule has 8 rings (SSSR count). The summed E-state index contributed by atoms with van der Waals surface area (Å²) in [6, 6.07) is 31.4. The van der Waals surface area contributed by atoms with Crippen molar-refractivity contribution in [3.63, 3.8) is 0 Å². The van der Waals surface area contributed by atoms with Gasteiger partial charge in [-0.05, 0) is 115 Å². The Hall–Kier alpha value is -5.56. The highest BCUT2D eigenvalue weighted by Crippen LogP contribution is 2.36. The van der Waals surface area contributed by atoms with Crippen molar-refractivity contribution in [1.29, 1.82) is 0 Å². The Morgan fingerprint density at radius 3 is 1.97 bits per heavy atom. The van der Waals surface area contributed by atoms with Crippen LogP contribution in [0, 0.1) is 5.92 Å². The summed E-state index contributed by atoms with van der Waals surface area (Å²) < 4.78 is 0. The Labute approximate surface area is 346 Å². The van der Waals surface area contributed by atoms with Gasteiger partial charge in [0, 0.05) is 57.1 Å². The summed E-state index contributed by atoms with van der Waals surface area (Å²) in [6.45, 7) is 8.86. The number of piperazine rings is 1. The maximum atomic E-state index is 13.3. The number of hydrogen-bond donors (Lipinski definition) is 3. The van der Waals surface area contributed by atoms with Gasteiger partial charge in [-0.2, -0.15) is 0 Å². The number of carbonyl (C=O) groups excluding carboxylic acids is 4. The summed E-state index contributed by atoms with van der Waals surface area (Å²) >= 11 is 0. The van der Waals surface area contributed by atoms with Crippen molar-refractivity contribution in [2.45, 2.75) is 57.9 Å². The number of nitrogens with one attached hydrogen (secondary N) is 1. The van der Waals surface area contributed by atoms with Gasteiger partial charge in [-0.25, -0.2) is 0 Å². The van der Waals surface area contributed by atoms with Crippen LogP contribution in [0.2, 0.25) is 0 Å². The van der Waals surface area contributed by atoms with Crippen LogP contribution in [0.1, 0.15) is 89.3 Å². The van der Waals surface area contributed by atoms with Crippen molar-refractivity contribution in [3.05, 3.63) is 125 Å². The molecule has 3 fully saturated rings. The van der Waals surface area contributed by atoms with Crippen molar-refractivity contribution < 1.29 is 29.2 Å². The number of piperidine rings is 2. The van der Waals surface area contributed by atoms with Crippen molar-refractivity contribution in [3.8, 4) is 0 Å². The Balaban J connectivity index is 0.815. The molecule has 0 aromatic heterocycles. The largest absolute Gasteiger partial charge is 0.488 e. The molecule has 4 aromatic rings. The van der Waals surface area contributed by atoms with E-state index in [1.807, 2.05) is 24.3 Å². The first-order valence-corrected chi connectivity index (χ1v) is 21.1. The number of nitrogens with zero attached hydrogens (tertiary/aromatic N) is 4. The van der Waals surface area contributed by atoms with Gasteiger partial charge in [0.1, 0.15) is 6.04 Å². The van der Waals surface area contributed by atoms with E-state index in [1.165, 1.54) is 42.5 Å². The van der Waals surface area contributed by atoms with E-state index in [1.54, 1.807) is 24.3 Å². The Bertz CT molecular complexity index is 2210. The monoisotopic (exact) mass is 793 g/mol. The number of hydrogen-bond acceptors (Lipinski definition) is 9. The molecule has 4 aliphatic heterocycles. The fraction of sp³-hybridized carbons (Fsp3) is 0.362. The maximum absolute atomic E-state index is 13.3. The zero-order valence-electron chi connectivity index (χ0n) is 33.7. The summed E-state index contributed by atoms with van der Waals surface area (Å²) in [5, 5.41) is 21.6. The second-order valence-corrected chi connectivity index (χ2v) is 16.2. The molecular weight excluding hydrogens is 741 g/mol. The third kappa shape index (κ3) is 8.62. The summed E-state index contributed by atoms with van der Waals surface area (Å²) in [6.07, 6.45) is 5.84. The number of amides is 4.